The average Bonchev–Trinajstić information content (AvgIpc) is 3.37. The third-order valence-corrected chi connectivity index (χ3v) is 7.52. The van der Waals surface area contributed by atoms with E-state index in [-0.39, 0.29) is 5.91 Å². The second kappa shape index (κ2) is 10.5. The third kappa shape index (κ3) is 4.66. The molecule has 0 unspecified atom stereocenters. The number of aryl methyl sites for hydroxylation is 2. The smallest absolute Gasteiger partial charge is 0.273 e. The topological polar surface area (TPSA) is 56.9 Å². The van der Waals surface area contributed by atoms with E-state index in [2.05, 4.69) is 20.5 Å². The van der Waals surface area contributed by atoms with E-state index < -0.39 is 0 Å². The first-order valence-corrected chi connectivity index (χ1v) is 13.7. The molecule has 2 aromatic heterocycles. The number of aromatic nitrogens is 2. The summed E-state index contributed by atoms with van der Waals surface area (Å²) in [5, 5.41) is 3.82. The minimum atomic E-state index is -0.172. The zero-order valence-electron chi connectivity index (χ0n) is 22.0. The van der Waals surface area contributed by atoms with Gasteiger partial charge in [-0.15, -0.1) is 0 Å². The molecule has 3 heterocycles. The molecule has 0 saturated heterocycles. The van der Waals surface area contributed by atoms with Gasteiger partial charge in [0.25, 0.3) is 5.91 Å². The van der Waals surface area contributed by atoms with Gasteiger partial charge in [0.05, 0.1) is 19.4 Å². The number of imidazole rings is 1. The molecule has 3 aromatic carbocycles. The Morgan fingerprint density at radius 1 is 0.974 bits per heavy atom. The molecule has 0 saturated carbocycles. The minimum Gasteiger partial charge on any atom is -0.497 e. The minimum absolute atomic E-state index is 0.172. The van der Waals surface area contributed by atoms with Crippen LogP contribution < -0.4 is 14.8 Å². The Labute approximate surface area is 232 Å². The highest BCUT2D eigenvalue weighted by molar-refractivity contribution is 6.30. The monoisotopic (exact) mass is 539 g/mol. The van der Waals surface area contributed by atoms with Crippen LogP contribution in [-0.2, 0) is 13.0 Å². The Kier molecular flexibility index (Phi) is 6.79. The van der Waals surface area contributed by atoms with Crippen molar-refractivity contribution in [3.63, 3.8) is 0 Å². The highest BCUT2D eigenvalue weighted by Crippen LogP contribution is 2.40. The maximum atomic E-state index is 14.1. The summed E-state index contributed by atoms with van der Waals surface area (Å²) in [7, 11) is 1.62. The van der Waals surface area contributed by atoms with E-state index in [1.54, 1.807) is 7.11 Å². The van der Waals surface area contributed by atoms with E-state index in [0.29, 0.717) is 28.8 Å². The number of amides is 1. The predicted octanol–water partition coefficient (Wildman–Crippen LogP) is 7.72. The Morgan fingerprint density at radius 3 is 2.49 bits per heavy atom. The molecule has 39 heavy (non-hydrogen) atoms. The number of hydrogen-bond donors (Lipinski definition) is 1. The van der Waals surface area contributed by atoms with Crippen molar-refractivity contribution in [3.8, 4) is 33.9 Å². The summed E-state index contributed by atoms with van der Waals surface area (Å²) in [4.78, 5) is 14.1. The summed E-state index contributed by atoms with van der Waals surface area (Å²) in [5.41, 5.74) is 7.64. The van der Waals surface area contributed by atoms with Gasteiger partial charge in [-0.1, -0.05) is 41.9 Å². The zero-order chi connectivity index (χ0) is 26.9. The quantitative estimate of drug-likeness (QED) is 0.230. The number of carbonyl (C=O) groups excluding carboxylic acids is 1. The first kappa shape index (κ1) is 25.1. The molecule has 1 N–H and O–H groups in total. The number of carbonyl (C=O) groups is 1. The fourth-order valence-corrected chi connectivity index (χ4v) is 5.67. The van der Waals surface area contributed by atoms with Gasteiger partial charge in [-0.3, -0.25) is 9.20 Å². The van der Waals surface area contributed by atoms with Crippen LogP contribution in [0.5, 0.6) is 11.5 Å². The van der Waals surface area contributed by atoms with Crippen molar-refractivity contribution >= 4 is 28.8 Å². The zero-order valence-corrected chi connectivity index (χ0v) is 22.8. The number of ether oxygens (including phenoxy) is 2. The normalized spacial score (nSPS) is 12.8. The van der Waals surface area contributed by atoms with Gasteiger partial charge in [0.1, 0.15) is 22.8 Å². The van der Waals surface area contributed by atoms with E-state index >= 15 is 0 Å². The van der Waals surface area contributed by atoms with Crippen LogP contribution in [0.25, 0.3) is 28.0 Å². The Balaban J connectivity index is 1.56. The standard InChI is InChI=1S/C32H30ClN3O3/c1-3-39-25-16-12-22(13-17-25)29-27-9-4-5-18-35-28(21-10-14-23(33)15-11-21)20-36(32(27)35)30(29)31(37)34-24-7-6-8-26(19-24)38-2/h6-8,10-17,19-20H,3-5,9,18H2,1-2H3,(H,34,37). The molecule has 7 heteroatoms. The van der Waals surface area contributed by atoms with Crippen LogP contribution >= 0.6 is 11.6 Å². The lowest BCUT2D eigenvalue weighted by Gasteiger charge is -2.11. The van der Waals surface area contributed by atoms with Crippen LogP contribution in [0.2, 0.25) is 5.02 Å². The lowest BCUT2D eigenvalue weighted by Crippen LogP contribution is -2.15. The van der Waals surface area contributed by atoms with Gasteiger partial charge in [-0.25, -0.2) is 0 Å². The lowest BCUT2D eigenvalue weighted by molar-refractivity contribution is 0.102. The number of nitrogens with one attached hydrogen (secondary N) is 1. The van der Waals surface area contributed by atoms with Crippen LogP contribution in [0.3, 0.4) is 0 Å². The van der Waals surface area contributed by atoms with Crippen LogP contribution in [0, 0.1) is 0 Å². The molecule has 0 spiro atoms. The molecule has 0 fully saturated rings. The van der Waals surface area contributed by atoms with Crippen molar-refractivity contribution in [2.75, 3.05) is 19.0 Å². The summed E-state index contributed by atoms with van der Waals surface area (Å²) in [5.74, 6) is 1.33. The van der Waals surface area contributed by atoms with Crippen LogP contribution in [-0.4, -0.2) is 28.6 Å². The highest BCUT2D eigenvalue weighted by Gasteiger charge is 2.29. The van der Waals surface area contributed by atoms with Gasteiger partial charge in [0.15, 0.2) is 0 Å². The second-order valence-electron chi connectivity index (χ2n) is 9.67. The van der Waals surface area contributed by atoms with Crippen molar-refractivity contribution in [3.05, 3.63) is 95.3 Å². The Bertz CT molecular complexity index is 1650. The van der Waals surface area contributed by atoms with Gasteiger partial charge < -0.3 is 19.4 Å². The molecule has 198 valence electrons. The molecule has 1 amide bonds. The van der Waals surface area contributed by atoms with Crippen LogP contribution in [0.15, 0.2) is 79.0 Å². The molecule has 6 rings (SSSR count). The summed E-state index contributed by atoms with van der Waals surface area (Å²) in [6, 6.07) is 23.4. The third-order valence-electron chi connectivity index (χ3n) is 7.27. The molecule has 0 aliphatic carbocycles. The summed E-state index contributed by atoms with van der Waals surface area (Å²) < 4.78 is 15.5. The number of benzene rings is 3. The second-order valence-corrected chi connectivity index (χ2v) is 10.1. The van der Waals surface area contributed by atoms with Gasteiger partial charge >= 0.3 is 0 Å². The molecule has 0 bridgehead atoms. The molecule has 1 aliphatic heterocycles. The van der Waals surface area contributed by atoms with E-state index in [1.807, 2.05) is 79.7 Å². The van der Waals surface area contributed by atoms with Gasteiger partial charge in [0.2, 0.25) is 0 Å². The summed E-state index contributed by atoms with van der Waals surface area (Å²) >= 11 is 6.19. The summed E-state index contributed by atoms with van der Waals surface area (Å²) in [6.45, 7) is 3.46. The molecule has 6 nitrogen and oxygen atoms in total. The fourth-order valence-electron chi connectivity index (χ4n) is 5.55. The lowest BCUT2D eigenvalue weighted by atomic mass is 9.97. The molecule has 5 aromatic rings. The number of anilines is 1. The first-order chi connectivity index (χ1) is 19.1. The van der Waals surface area contributed by atoms with E-state index in [9.17, 15) is 4.79 Å². The maximum Gasteiger partial charge on any atom is 0.273 e. The van der Waals surface area contributed by atoms with Crippen molar-refractivity contribution in [2.24, 2.45) is 0 Å². The average molecular weight is 540 g/mol. The van der Waals surface area contributed by atoms with Crippen molar-refractivity contribution in [2.45, 2.75) is 32.7 Å². The van der Waals surface area contributed by atoms with Crippen LogP contribution in [0.1, 0.15) is 35.8 Å². The molecular weight excluding hydrogens is 510 g/mol. The maximum absolute atomic E-state index is 14.1. The molecular formula is C32H30ClN3O3. The van der Waals surface area contributed by atoms with Gasteiger partial charge in [0, 0.05) is 40.6 Å². The number of nitrogens with zero attached hydrogens (tertiary/aromatic N) is 2. The van der Waals surface area contributed by atoms with E-state index in [0.717, 1.165) is 59.6 Å². The number of halogens is 1. The Morgan fingerprint density at radius 2 is 1.74 bits per heavy atom. The fraction of sp³-hybridized carbons (Fsp3) is 0.219. The number of rotatable bonds is 7. The SMILES string of the molecule is CCOc1ccc(-c2c3c4n(c(-c5ccc(Cl)cc5)cn4c2C(=O)Nc2cccc(OC)c2)CCCC3)cc1. The predicted molar refractivity (Wildman–Crippen MR) is 156 cm³/mol. The van der Waals surface area contributed by atoms with Crippen molar-refractivity contribution in [1.82, 2.24) is 8.97 Å². The van der Waals surface area contributed by atoms with E-state index in [4.69, 9.17) is 21.1 Å². The van der Waals surface area contributed by atoms with Gasteiger partial charge in [-0.2, -0.15) is 0 Å². The summed E-state index contributed by atoms with van der Waals surface area (Å²) in [6.07, 6.45) is 5.09. The molecule has 0 atom stereocenters. The van der Waals surface area contributed by atoms with E-state index in [1.165, 1.54) is 5.56 Å². The van der Waals surface area contributed by atoms with Gasteiger partial charge in [-0.05, 0) is 73.7 Å². The highest BCUT2D eigenvalue weighted by atomic mass is 35.5. The molecule has 1 aliphatic rings. The number of hydrogen-bond acceptors (Lipinski definition) is 3. The van der Waals surface area contributed by atoms with Crippen LogP contribution in [0.4, 0.5) is 5.69 Å². The molecule has 0 radical (unpaired) electrons. The first-order valence-electron chi connectivity index (χ1n) is 13.3. The number of methoxy groups -OCH3 is 1. The van der Waals surface area contributed by atoms with Crippen molar-refractivity contribution < 1.29 is 14.3 Å². The largest absolute Gasteiger partial charge is 0.497 e. The Hall–Kier alpha value is -4.16. The van der Waals surface area contributed by atoms with Crippen molar-refractivity contribution in [1.29, 1.82) is 0 Å².